The third-order valence-electron chi connectivity index (χ3n) is 8.41. The number of hydrogen-bond acceptors (Lipinski definition) is 2. The largest absolute Gasteiger partial charge is 0.264 e. The second-order valence-corrected chi connectivity index (χ2v) is 10.9. The third kappa shape index (κ3) is 5.21. The van der Waals surface area contributed by atoms with E-state index in [0.717, 1.165) is 23.7 Å². The van der Waals surface area contributed by atoms with Crippen LogP contribution in [0.4, 0.5) is 0 Å². The van der Waals surface area contributed by atoms with Gasteiger partial charge in [0, 0.05) is 24.0 Å². The molecule has 0 fully saturated rings. The number of hydrogen-bond donors (Lipinski definition) is 0. The Morgan fingerprint density at radius 2 is 1.56 bits per heavy atom. The summed E-state index contributed by atoms with van der Waals surface area (Å²) in [6.45, 7) is 0. The predicted molar refractivity (Wildman–Crippen MR) is 172 cm³/mol. The molecule has 0 radical (unpaired) electrons. The fourth-order valence-corrected chi connectivity index (χ4v) is 6.42. The van der Waals surface area contributed by atoms with E-state index in [1.165, 1.54) is 57.0 Å². The van der Waals surface area contributed by atoms with Crippen molar-refractivity contribution in [1.82, 2.24) is 9.97 Å². The molecule has 2 heteroatoms. The molecule has 1 unspecified atom stereocenters. The molecule has 2 nitrogen and oxygen atoms in total. The van der Waals surface area contributed by atoms with Gasteiger partial charge in [0.05, 0.1) is 5.52 Å². The zero-order chi connectivity index (χ0) is 27.4. The Morgan fingerprint density at radius 1 is 0.707 bits per heavy atom. The lowest BCUT2D eigenvalue weighted by Crippen LogP contribution is -2.20. The molecule has 0 saturated carbocycles. The van der Waals surface area contributed by atoms with E-state index in [4.69, 9.17) is 0 Å². The highest BCUT2D eigenvalue weighted by Crippen LogP contribution is 2.44. The highest BCUT2D eigenvalue weighted by Gasteiger charge is 2.28. The predicted octanol–water partition coefficient (Wildman–Crippen LogP) is 9.66. The molecule has 8 rings (SSSR count). The van der Waals surface area contributed by atoms with Crippen molar-refractivity contribution in [3.8, 4) is 11.1 Å². The van der Waals surface area contributed by atoms with Crippen LogP contribution >= 0.6 is 0 Å². The summed E-state index contributed by atoms with van der Waals surface area (Å²) >= 11 is 0. The van der Waals surface area contributed by atoms with Gasteiger partial charge in [0.25, 0.3) is 0 Å². The summed E-state index contributed by atoms with van der Waals surface area (Å²) in [6.07, 6.45) is 14.7. The van der Waals surface area contributed by atoms with Crippen LogP contribution in [0.2, 0.25) is 0 Å². The van der Waals surface area contributed by atoms with Crippen LogP contribution in [0.25, 0.3) is 38.4 Å². The van der Waals surface area contributed by atoms with E-state index in [2.05, 4.69) is 113 Å². The summed E-state index contributed by atoms with van der Waals surface area (Å²) < 4.78 is 0. The Hall–Kier alpha value is -4.82. The molecule has 4 aromatic carbocycles. The molecule has 0 N–H and O–H groups in total. The Bertz CT molecular complexity index is 1820. The molecule has 0 amide bonds. The van der Waals surface area contributed by atoms with E-state index in [-0.39, 0.29) is 0 Å². The van der Waals surface area contributed by atoms with Gasteiger partial charge in [0.15, 0.2) is 0 Å². The lowest BCUT2D eigenvalue weighted by molar-refractivity contribution is 0.575. The number of rotatable bonds is 3. The summed E-state index contributed by atoms with van der Waals surface area (Å²) in [5, 5.41) is 3.85. The first-order valence-electron chi connectivity index (χ1n) is 14.5. The minimum atomic E-state index is 0.592. The molecule has 0 spiro atoms. The molecule has 0 saturated heterocycles. The standard InChI is InChI=1S/C31H26.C8H6N2/c1-3-9-22(10-4-1)19-26-21-31-28-17-15-24(23-11-5-2-6-12-23)20-25(28)16-18-30(31)29-14-8-7-13-27(26)29;1-2-7-6-9-5-3-8(7)10-4-1/h1-6,8-12,14-18,20,26H,7,13,19,21H2;1-6H. The third-order valence-corrected chi connectivity index (χ3v) is 8.41. The summed E-state index contributed by atoms with van der Waals surface area (Å²) in [6, 6.07) is 39.2. The second kappa shape index (κ2) is 11.3. The molecular formula is C39H32N2. The first kappa shape index (κ1) is 25.2. The first-order chi connectivity index (χ1) is 20.3. The molecule has 0 bridgehead atoms. The highest BCUT2D eigenvalue weighted by atomic mass is 14.7. The van der Waals surface area contributed by atoms with Crippen molar-refractivity contribution in [2.45, 2.75) is 25.7 Å². The van der Waals surface area contributed by atoms with Gasteiger partial charge in [0.2, 0.25) is 0 Å². The second-order valence-electron chi connectivity index (χ2n) is 10.9. The number of allylic oxidation sites excluding steroid dienone is 4. The minimum Gasteiger partial charge on any atom is -0.264 e. The Morgan fingerprint density at radius 3 is 2.41 bits per heavy atom. The van der Waals surface area contributed by atoms with Crippen LogP contribution in [0.15, 0.2) is 146 Å². The van der Waals surface area contributed by atoms with Gasteiger partial charge in [0.1, 0.15) is 0 Å². The van der Waals surface area contributed by atoms with E-state index in [1.807, 2.05) is 24.4 Å². The van der Waals surface area contributed by atoms with Gasteiger partial charge in [-0.1, -0.05) is 103 Å². The zero-order valence-corrected chi connectivity index (χ0v) is 23.1. The van der Waals surface area contributed by atoms with Crippen molar-refractivity contribution in [2.75, 3.05) is 0 Å². The van der Waals surface area contributed by atoms with Crippen molar-refractivity contribution in [3.05, 3.63) is 162 Å². The summed E-state index contributed by atoms with van der Waals surface area (Å²) in [7, 11) is 0. The van der Waals surface area contributed by atoms with Gasteiger partial charge >= 0.3 is 0 Å². The number of benzene rings is 4. The van der Waals surface area contributed by atoms with E-state index < -0.39 is 0 Å². The Labute approximate surface area is 241 Å². The van der Waals surface area contributed by atoms with Crippen LogP contribution < -0.4 is 0 Å². The fourth-order valence-electron chi connectivity index (χ4n) is 6.42. The maximum absolute atomic E-state index is 4.14. The molecule has 198 valence electrons. The van der Waals surface area contributed by atoms with Gasteiger partial charge in [-0.05, 0) is 100 Å². The molecule has 2 aromatic heterocycles. The van der Waals surface area contributed by atoms with Crippen LogP contribution in [0, 0.1) is 5.92 Å². The van der Waals surface area contributed by atoms with Crippen molar-refractivity contribution in [3.63, 3.8) is 0 Å². The molecule has 2 aliphatic rings. The van der Waals surface area contributed by atoms with Gasteiger partial charge in [-0.3, -0.25) is 9.97 Å². The number of aromatic nitrogens is 2. The number of fused-ring (bicyclic) bond motifs is 5. The SMILES string of the molecule is C1=CC2=C(CC1)C(Cc1ccccc1)Cc1c2ccc2cc(-c3ccccc3)ccc12.c1cnc2ccncc2c1. The van der Waals surface area contributed by atoms with Crippen LogP contribution in [0.5, 0.6) is 0 Å². The van der Waals surface area contributed by atoms with E-state index in [9.17, 15) is 0 Å². The molecule has 2 heterocycles. The molecule has 2 aliphatic carbocycles. The molecule has 1 atom stereocenters. The monoisotopic (exact) mass is 528 g/mol. The lowest BCUT2D eigenvalue weighted by Gasteiger charge is -2.32. The minimum absolute atomic E-state index is 0.592. The Balaban J connectivity index is 0.000000232. The highest BCUT2D eigenvalue weighted by molar-refractivity contribution is 5.96. The van der Waals surface area contributed by atoms with E-state index >= 15 is 0 Å². The first-order valence-corrected chi connectivity index (χ1v) is 14.5. The van der Waals surface area contributed by atoms with E-state index in [1.54, 1.807) is 18.0 Å². The summed E-state index contributed by atoms with van der Waals surface area (Å²) in [5.41, 5.74) is 11.2. The van der Waals surface area contributed by atoms with Crippen molar-refractivity contribution in [2.24, 2.45) is 5.92 Å². The van der Waals surface area contributed by atoms with Crippen LogP contribution in [-0.4, -0.2) is 9.97 Å². The quantitative estimate of drug-likeness (QED) is 0.228. The number of pyridine rings is 2. The van der Waals surface area contributed by atoms with Gasteiger partial charge < -0.3 is 0 Å². The number of nitrogens with zero attached hydrogens (tertiary/aromatic N) is 2. The van der Waals surface area contributed by atoms with Gasteiger partial charge in [-0.2, -0.15) is 0 Å². The van der Waals surface area contributed by atoms with Crippen molar-refractivity contribution in [1.29, 1.82) is 0 Å². The smallest absolute Gasteiger partial charge is 0.0732 e. The van der Waals surface area contributed by atoms with Gasteiger partial charge in [-0.15, -0.1) is 0 Å². The van der Waals surface area contributed by atoms with E-state index in [0.29, 0.717) is 5.92 Å². The van der Waals surface area contributed by atoms with Crippen LogP contribution in [0.3, 0.4) is 0 Å². The van der Waals surface area contributed by atoms with Crippen molar-refractivity contribution >= 4 is 27.2 Å². The molecule has 0 aliphatic heterocycles. The summed E-state index contributed by atoms with van der Waals surface area (Å²) in [4.78, 5) is 8.11. The topological polar surface area (TPSA) is 25.8 Å². The van der Waals surface area contributed by atoms with Crippen LogP contribution in [0.1, 0.15) is 29.5 Å². The van der Waals surface area contributed by atoms with Crippen LogP contribution in [-0.2, 0) is 12.8 Å². The molecular weight excluding hydrogens is 496 g/mol. The Kier molecular flexibility index (Phi) is 6.97. The van der Waals surface area contributed by atoms with Crippen molar-refractivity contribution < 1.29 is 0 Å². The lowest BCUT2D eigenvalue weighted by atomic mass is 9.72. The average molecular weight is 529 g/mol. The molecule has 6 aromatic rings. The maximum atomic E-state index is 4.14. The fraction of sp³-hybridized carbons (Fsp3) is 0.128. The van der Waals surface area contributed by atoms with Gasteiger partial charge in [-0.25, -0.2) is 0 Å². The summed E-state index contributed by atoms with van der Waals surface area (Å²) in [5.74, 6) is 0.592. The normalized spacial score (nSPS) is 15.7. The molecule has 41 heavy (non-hydrogen) atoms. The zero-order valence-electron chi connectivity index (χ0n) is 23.1. The maximum Gasteiger partial charge on any atom is 0.0732 e. The average Bonchev–Trinajstić information content (AvgIpc) is 3.06.